The van der Waals surface area contributed by atoms with Crippen LogP contribution in [0.1, 0.15) is 20.8 Å². The first-order chi connectivity index (χ1) is 7.74. The lowest BCUT2D eigenvalue weighted by Gasteiger charge is -2.03. The van der Waals surface area contributed by atoms with Gasteiger partial charge >= 0.3 is 0 Å². The maximum absolute atomic E-state index is 4.00. The molecule has 0 unspecified atom stereocenters. The predicted molar refractivity (Wildman–Crippen MR) is 66.5 cm³/mol. The van der Waals surface area contributed by atoms with Gasteiger partial charge in [0.15, 0.2) is 0 Å². The summed E-state index contributed by atoms with van der Waals surface area (Å²) in [6.45, 7) is 8.96. The standard InChI is InChI=1S/C10H19N5S/c1-4-11-6-7-15-10(12-13-14-15)16-8-5-9(2)3/h5,11H,4,6-8H2,1-3H3. The second-order valence-electron chi connectivity index (χ2n) is 3.63. The Labute approximate surface area is 101 Å². The number of nitrogens with zero attached hydrogens (tertiary/aromatic N) is 4. The van der Waals surface area contributed by atoms with E-state index in [4.69, 9.17) is 0 Å². The third-order valence-corrected chi connectivity index (χ3v) is 2.84. The van der Waals surface area contributed by atoms with Gasteiger partial charge in [-0.2, -0.15) is 0 Å². The molecular weight excluding hydrogens is 222 g/mol. The lowest BCUT2D eigenvalue weighted by atomic mass is 10.3. The molecule has 5 nitrogen and oxygen atoms in total. The number of rotatable bonds is 7. The molecular formula is C10H19N5S. The second kappa shape index (κ2) is 7.40. The van der Waals surface area contributed by atoms with Crippen LogP contribution < -0.4 is 5.32 Å². The van der Waals surface area contributed by atoms with Crippen molar-refractivity contribution >= 4 is 11.8 Å². The number of hydrogen-bond donors (Lipinski definition) is 1. The van der Waals surface area contributed by atoms with Gasteiger partial charge in [0.2, 0.25) is 5.16 Å². The summed E-state index contributed by atoms with van der Waals surface area (Å²) in [5.74, 6) is 0.921. The Morgan fingerprint density at radius 2 is 2.31 bits per heavy atom. The van der Waals surface area contributed by atoms with Gasteiger partial charge < -0.3 is 5.32 Å². The number of tetrazole rings is 1. The van der Waals surface area contributed by atoms with E-state index >= 15 is 0 Å². The Morgan fingerprint density at radius 3 is 3.00 bits per heavy atom. The summed E-state index contributed by atoms with van der Waals surface area (Å²) >= 11 is 1.66. The fourth-order valence-corrected chi connectivity index (χ4v) is 2.02. The Balaban J connectivity index is 2.40. The van der Waals surface area contributed by atoms with E-state index < -0.39 is 0 Å². The van der Waals surface area contributed by atoms with Gasteiger partial charge in [-0.1, -0.05) is 30.3 Å². The summed E-state index contributed by atoms with van der Waals surface area (Å²) in [6.07, 6.45) is 2.17. The zero-order chi connectivity index (χ0) is 11.8. The van der Waals surface area contributed by atoms with E-state index in [1.54, 1.807) is 11.8 Å². The van der Waals surface area contributed by atoms with E-state index in [0.29, 0.717) is 0 Å². The van der Waals surface area contributed by atoms with Crippen molar-refractivity contribution in [3.63, 3.8) is 0 Å². The molecule has 0 aliphatic heterocycles. The molecule has 0 atom stereocenters. The van der Waals surface area contributed by atoms with Gasteiger partial charge in [0, 0.05) is 12.3 Å². The molecule has 0 aliphatic carbocycles. The number of likely N-dealkylation sites (N-methyl/N-ethyl adjacent to an activating group) is 1. The molecule has 1 N–H and O–H groups in total. The highest BCUT2D eigenvalue weighted by atomic mass is 32.2. The van der Waals surface area contributed by atoms with Crippen LogP contribution in [0.3, 0.4) is 0 Å². The maximum atomic E-state index is 4.00. The van der Waals surface area contributed by atoms with Gasteiger partial charge in [0.1, 0.15) is 0 Å². The average molecular weight is 241 g/mol. The van der Waals surface area contributed by atoms with Crippen LogP contribution in [-0.2, 0) is 6.54 Å². The lowest BCUT2D eigenvalue weighted by Crippen LogP contribution is -2.20. The van der Waals surface area contributed by atoms with E-state index in [1.165, 1.54) is 5.57 Å². The SMILES string of the molecule is CCNCCn1nnnc1SCC=C(C)C. The summed E-state index contributed by atoms with van der Waals surface area (Å²) in [6, 6.07) is 0. The van der Waals surface area contributed by atoms with Crippen molar-refractivity contribution in [1.82, 2.24) is 25.5 Å². The molecule has 0 fully saturated rings. The van der Waals surface area contributed by atoms with Crippen LogP contribution in [0.25, 0.3) is 0 Å². The van der Waals surface area contributed by atoms with Crippen molar-refractivity contribution in [1.29, 1.82) is 0 Å². The van der Waals surface area contributed by atoms with Gasteiger partial charge in [-0.05, 0) is 30.8 Å². The van der Waals surface area contributed by atoms with Gasteiger partial charge in [0.05, 0.1) is 6.54 Å². The van der Waals surface area contributed by atoms with Crippen molar-refractivity contribution in [2.45, 2.75) is 32.5 Å². The van der Waals surface area contributed by atoms with E-state index in [2.05, 4.69) is 47.7 Å². The molecule has 1 aromatic heterocycles. The fourth-order valence-electron chi connectivity index (χ4n) is 1.08. The van der Waals surface area contributed by atoms with Gasteiger partial charge in [-0.25, -0.2) is 4.68 Å². The first-order valence-electron chi connectivity index (χ1n) is 5.47. The fraction of sp³-hybridized carbons (Fsp3) is 0.700. The van der Waals surface area contributed by atoms with Crippen molar-refractivity contribution in [2.24, 2.45) is 0 Å². The predicted octanol–water partition coefficient (Wildman–Crippen LogP) is 1.34. The number of allylic oxidation sites excluding steroid dienone is 1. The topological polar surface area (TPSA) is 55.6 Å². The Kier molecular flexibility index (Phi) is 6.10. The first kappa shape index (κ1) is 13.2. The van der Waals surface area contributed by atoms with Crippen LogP contribution in [-0.4, -0.2) is 39.0 Å². The monoisotopic (exact) mass is 241 g/mol. The molecule has 90 valence electrons. The van der Waals surface area contributed by atoms with Crippen molar-refractivity contribution in [2.75, 3.05) is 18.8 Å². The summed E-state index contributed by atoms with van der Waals surface area (Å²) in [5, 5.41) is 15.8. The molecule has 16 heavy (non-hydrogen) atoms. The average Bonchev–Trinajstić information content (AvgIpc) is 2.66. The number of aromatic nitrogens is 4. The summed E-state index contributed by atoms with van der Waals surface area (Å²) < 4.78 is 1.84. The Bertz CT molecular complexity index is 330. The highest BCUT2D eigenvalue weighted by Gasteiger charge is 2.04. The first-order valence-corrected chi connectivity index (χ1v) is 6.45. The van der Waals surface area contributed by atoms with Crippen LogP contribution in [0.15, 0.2) is 16.8 Å². The molecule has 1 aromatic rings. The molecule has 0 aliphatic rings. The minimum atomic E-state index is 0.817. The maximum Gasteiger partial charge on any atom is 0.209 e. The van der Waals surface area contributed by atoms with Crippen LogP contribution >= 0.6 is 11.8 Å². The molecule has 0 radical (unpaired) electrons. The van der Waals surface area contributed by atoms with Gasteiger partial charge in [-0.15, -0.1) is 5.10 Å². The highest BCUT2D eigenvalue weighted by molar-refractivity contribution is 7.99. The summed E-state index contributed by atoms with van der Waals surface area (Å²) in [4.78, 5) is 0. The highest BCUT2D eigenvalue weighted by Crippen LogP contribution is 2.13. The van der Waals surface area contributed by atoms with E-state index in [-0.39, 0.29) is 0 Å². The molecule has 0 amide bonds. The van der Waals surface area contributed by atoms with Crippen molar-refractivity contribution < 1.29 is 0 Å². The molecule has 0 bridgehead atoms. The summed E-state index contributed by atoms with van der Waals surface area (Å²) in [7, 11) is 0. The van der Waals surface area contributed by atoms with E-state index in [0.717, 1.165) is 30.5 Å². The Morgan fingerprint density at radius 1 is 1.50 bits per heavy atom. The van der Waals surface area contributed by atoms with Crippen molar-refractivity contribution in [3.8, 4) is 0 Å². The molecule has 0 saturated carbocycles. The van der Waals surface area contributed by atoms with Crippen molar-refractivity contribution in [3.05, 3.63) is 11.6 Å². The molecule has 0 saturated heterocycles. The zero-order valence-electron chi connectivity index (χ0n) is 10.1. The van der Waals surface area contributed by atoms with Crippen LogP contribution in [0.2, 0.25) is 0 Å². The second-order valence-corrected chi connectivity index (χ2v) is 4.62. The smallest absolute Gasteiger partial charge is 0.209 e. The Hall–Kier alpha value is -0.880. The molecule has 1 heterocycles. The van der Waals surface area contributed by atoms with Gasteiger partial charge in [-0.3, -0.25) is 0 Å². The van der Waals surface area contributed by atoms with Crippen LogP contribution in [0.5, 0.6) is 0 Å². The molecule has 0 aromatic carbocycles. The van der Waals surface area contributed by atoms with Gasteiger partial charge in [0.25, 0.3) is 0 Å². The number of thioether (sulfide) groups is 1. The van der Waals surface area contributed by atoms with Crippen LogP contribution in [0.4, 0.5) is 0 Å². The minimum absolute atomic E-state index is 0.817. The number of hydrogen-bond acceptors (Lipinski definition) is 5. The largest absolute Gasteiger partial charge is 0.315 e. The van der Waals surface area contributed by atoms with E-state index in [9.17, 15) is 0 Å². The lowest BCUT2D eigenvalue weighted by molar-refractivity contribution is 0.518. The third kappa shape index (κ3) is 4.76. The number of nitrogens with one attached hydrogen (secondary N) is 1. The third-order valence-electron chi connectivity index (χ3n) is 1.95. The molecule has 6 heteroatoms. The normalized spacial score (nSPS) is 10.4. The quantitative estimate of drug-likeness (QED) is 0.443. The molecule has 1 rings (SSSR count). The zero-order valence-corrected chi connectivity index (χ0v) is 10.9. The van der Waals surface area contributed by atoms with E-state index in [1.807, 2.05) is 4.68 Å². The minimum Gasteiger partial charge on any atom is -0.315 e. The van der Waals surface area contributed by atoms with Crippen LogP contribution in [0, 0.1) is 0 Å². The summed E-state index contributed by atoms with van der Waals surface area (Å²) in [5.41, 5.74) is 1.32. The molecule has 0 spiro atoms.